The number of anilines is 2. The maximum atomic E-state index is 14.4. The lowest BCUT2D eigenvalue weighted by atomic mass is 9.81. The summed E-state index contributed by atoms with van der Waals surface area (Å²) in [6.07, 6.45) is -6.92. The number of pyridine rings is 1. The van der Waals surface area contributed by atoms with Gasteiger partial charge >= 0.3 is 6.18 Å². The molecule has 12 heteroatoms. The number of nitrogens with one attached hydrogen (secondary N) is 1. The summed E-state index contributed by atoms with van der Waals surface area (Å²) in [6, 6.07) is 26.9. The van der Waals surface area contributed by atoms with E-state index in [1.807, 2.05) is 6.07 Å². The van der Waals surface area contributed by atoms with Crippen LogP contribution in [-0.4, -0.2) is 47.9 Å². The number of halogens is 3. The Bertz CT molecular complexity index is 1730. The number of fused-ring (bicyclic) bond motifs is 1. The van der Waals surface area contributed by atoms with Gasteiger partial charge in [0.15, 0.2) is 0 Å². The van der Waals surface area contributed by atoms with Crippen LogP contribution in [0.3, 0.4) is 0 Å². The van der Waals surface area contributed by atoms with Gasteiger partial charge in [0.05, 0.1) is 36.5 Å². The van der Waals surface area contributed by atoms with Crippen LogP contribution in [0.1, 0.15) is 35.4 Å². The van der Waals surface area contributed by atoms with Gasteiger partial charge in [0, 0.05) is 17.5 Å². The molecule has 0 saturated carbocycles. The van der Waals surface area contributed by atoms with Crippen molar-refractivity contribution in [3.05, 3.63) is 120 Å². The SMILES string of the molecule is COc1ccc(N2C(=O)[C@@H](NC(=O)C(CCC(F)(F)F)C(C(N)=O)c3ccccc3)N=C(c3ccccc3)c3ccccc32)nc1. The zero-order valence-corrected chi connectivity index (χ0v) is 24.6. The second-order valence-corrected chi connectivity index (χ2v) is 10.6. The summed E-state index contributed by atoms with van der Waals surface area (Å²) < 4.78 is 45.6. The Kier molecular flexibility index (Phi) is 9.45. The largest absolute Gasteiger partial charge is 0.495 e. The fourth-order valence-electron chi connectivity index (χ4n) is 5.41. The van der Waals surface area contributed by atoms with Crippen molar-refractivity contribution in [2.75, 3.05) is 12.0 Å². The van der Waals surface area contributed by atoms with Crippen molar-refractivity contribution in [1.82, 2.24) is 10.3 Å². The Balaban J connectivity index is 1.62. The molecule has 3 aromatic carbocycles. The molecule has 236 valence electrons. The Morgan fingerprint density at radius 3 is 2.22 bits per heavy atom. The average Bonchev–Trinajstić information content (AvgIpc) is 3.17. The standard InChI is InChI=1S/C34H30F3N5O4/c1-46-23-16-17-27(39-20-23)42-26-15-9-8-14-24(26)29(22-12-6-3-7-13-22)40-31(33(42)45)41-32(44)25(18-19-34(35,36)37)28(30(38)43)21-10-4-2-5-11-21/h2-17,20,25,28,31H,18-19H2,1H3,(H2,38,43)(H,41,44)/t25?,28?,31-/m1/s1. The normalized spacial score (nSPS) is 16.0. The first-order valence-corrected chi connectivity index (χ1v) is 14.4. The number of carbonyl (C=O) groups excluding carboxylic acids is 3. The molecule has 0 fully saturated rings. The summed E-state index contributed by atoms with van der Waals surface area (Å²) in [6.45, 7) is 0. The van der Waals surface area contributed by atoms with Gasteiger partial charge in [-0.25, -0.2) is 9.98 Å². The molecule has 3 atom stereocenters. The van der Waals surface area contributed by atoms with Crippen LogP contribution < -0.4 is 20.7 Å². The highest BCUT2D eigenvalue weighted by atomic mass is 19.4. The van der Waals surface area contributed by atoms with Crippen LogP contribution in [0.25, 0.3) is 0 Å². The minimum atomic E-state index is -4.62. The molecule has 1 aliphatic heterocycles. The second kappa shape index (κ2) is 13.6. The van der Waals surface area contributed by atoms with Gasteiger partial charge in [0.25, 0.3) is 5.91 Å². The molecule has 0 spiro atoms. The number of para-hydroxylation sites is 1. The molecule has 4 aromatic rings. The van der Waals surface area contributed by atoms with E-state index in [0.29, 0.717) is 28.3 Å². The molecule has 0 radical (unpaired) electrons. The zero-order chi connectivity index (χ0) is 32.8. The van der Waals surface area contributed by atoms with E-state index in [4.69, 9.17) is 10.5 Å². The summed E-state index contributed by atoms with van der Waals surface area (Å²) in [4.78, 5) is 51.4. The van der Waals surface area contributed by atoms with E-state index in [1.54, 1.807) is 78.9 Å². The minimum absolute atomic E-state index is 0.190. The Hall–Kier alpha value is -5.52. The molecule has 0 saturated heterocycles. The number of carbonyl (C=O) groups is 3. The number of hydrogen-bond donors (Lipinski definition) is 2. The van der Waals surface area contributed by atoms with E-state index in [9.17, 15) is 27.6 Å². The number of alkyl halides is 3. The molecule has 1 aromatic heterocycles. The number of methoxy groups -OCH3 is 1. The van der Waals surface area contributed by atoms with E-state index in [0.717, 1.165) is 0 Å². The molecular formula is C34H30F3N5O4. The summed E-state index contributed by atoms with van der Waals surface area (Å²) in [5.74, 6) is -5.03. The number of benzodiazepines with no additional fused rings is 1. The van der Waals surface area contributed by atoms with Crippen LogP contribution in [0.4, 0.5) is 24.7 Å². The third-order valence-corrected chi connectivity index (χ3v) is 7.57. The van der Waals surface area contributed by atoms with Gasteiger partial charge in [0.1, 0.15) is 11.6 Å². The summed E-state index contributed by atoms with van der Waals surface area (Å²) in [5, 5.41) is 2.56. The van der Waals surface area contributed by atoms with E-state index in [1.165, 1.54) is 30.3 Å². The van der Waals surface area contributed by atoms with E-state index in [-0.39, 0.29) is 11.4 Å². The van der Waals surface area contributed by atoms with Crippen molar-refractivity contribution >= 4 is 34.9 Å². The van der Waals surface area contributed by atoms with Gasteiger partial charge in [-0.15, -0.1) is 0 Å². The first kappa shape index (κ1) is 31.9. The quantitative estimate of drug-likeness (QED) is 0.247. The summed E-state index contributed by atoms with van der Waals surface area (Å²) in [5.41, 5.74) is 7.90. The highest BCUT2D eigenvalue weighted by Gasteiger charge is 2.41. The van der Waals surface area contributed by atoms with Crippen molar-refractivity contribution in [1.29, 1.82) is 0 Å². The van der Waals surface area contributed by atoms with Crippen molar-refractivity contribution in [2.24, 2.45) is 16.6 Å². The van der Waals surface area contributed by atoms with Crippen LogP contribution >= 0.6 is 0 Å². The summed E-state index contributed by atoms with van der Waals surface area (Å²) >= 11 is 0. The van der Waals surface area contributed by atoms with Gasteiger partial charge in [-0.3, -0.25) is 19.3 Å². The Labute approximate surface area is 262 Å². The maximum Gasteiger partial charge on any atom is 0.389 e. The molecule has 1 aliphatic rings. The molecule has 3 amide bonds. The molecule has 2 heterocycles. The van der Waals surface area contributed by atoms with Crippen LogP contribution in [0.2, 0.25) is 0 Å². The highest BCUT2D eigenvalue weighted by molar-refractivity contribution is 6.21. The monoisotopic (exact) mass is 629 g/mol. The number of primary amides is 1. The van der Waals surface area contributed by atoms with Gasteiger partial charge in [-0.05, 0) is 30.2 Å². The fourth-order valence-corrected chi connectivity index (χ4v) is 5.41. The lowest BCUT2D eigenvalue weighted by molar-refractivity contribution is -0.144. The number of aliphatic imine (C=N–C) groups is 1. The molecule has 0 bridgehead atoms. The summed E-state index contributed by atoms with van der Waals surface area (Å²) in [7, 11) is 1.47. The molecule has 46 heavy (non-hydrogen) atoms. The number of rotatable bonds is 10. The number of hydrogen-bond acceptors (Lipinski definition) is 6. The highest BCUT2D eigenvalue weighted by Crippen LogP contribution is 2.35. The van der Waals surface area contributed by atoms with Crippen molar-refractivity contribution in [2.45, 2.75) is 31.1 Å². The zero-order valence-electron chi connectivity index (χ0n) is 24.6. The van der Waals surface area contributed by atoms with Crippen LogP contribution in [0.5, 0.6) is 5.75 Å². The van der Waals surface area contributed by atoms with E-state index < -0.39 is 54.7 Å². The fraction of sp³-hybridized carbons (Fsp3) is 0.206. The number of aromatic nitrogens is 1. The molecule has 3 N–H and O–H groups in total. The first-order valence-electron chi connectivity index (χ1n) is 14.4. The number of nitrogens with zero attached hydrogens (tertiary/aromatic N) is 3. The number of amides is 3. The van der Waals surface area contributed by atoms with E-state index in [2.05, 4.69) is 15.3 Å². The van der Waals surface area contributed by atoms with Crippen LogP contribution in [-0.2, 0) is 14.4 Å². The molecule has 9 nitrogen and oxygen atoms in total. The predicted octanol–water partition coefficient (Wildman–Crippen LogP) is 5.28. The van der Waals surface area contributed by atoms with Crippen molar-refractivity contribution < 1.29 is 32.3 Å². The van der Waals surface area contributed by atoms with Crippen molar-refractivity contribution in [3.63, 3.8) is 0 Å². The second-order valence-electron chi connectivity index (χ2n) is 10.6. The number of benzene rings is 3. The number of nitrogens with two attached hydrogens (primary N) is 1. The Morgan fingerprint density at radius 2 is 1.61 bits per heavy atom. The first-order chi connectivity index (χ1) is 22.1. The lowest BCUT2D eigenvalue weighted by Gasteiger charge is -2.28. The van der Waals surface area contributed by atoms with E-state index >= 15 is 0 Å². The number of ether oxygens (including phenoxy) is 1. The van der Waals surface area contributed by atoms with Gasteiger partial charge in [-0.1, -0.05) is 78.9 Å². The topological polar surface area (TPSA) is 127 Å². The smallest absolute Gasteiger partial charge is 0.389 e. The molecule has 5 rings (SSSR count). The lowest BCUT2D eigenvalue weighted by Crippen LogP contribution is -2.49. The molecule has 2 unspecified atom stereocenters. The minimum Gasteiger partial charge on any atom is -0.495 e. The third-order valence-electron chi connectivity index (χ3n) is 7.57. The third kappa shape index (κ3) is 7.06. The van der Waals surface area contributed by atoms with Crippen LogP contribution in [0.15, 0.2) is 108 Å². The maximum absolute atomic E-state index is 14.4. The molecule has 0 aliphatic carbocycles. The Morgan fingerprint density at radius 1 is 0.957 bits per heavy atom. The van der Waals surface area contributed by atoms with Gasteiger partial charge < -0.3 is 15.8 Å². The molecular weight excluding hydrogens is 599 g/mol. The van der Waals surface area contributed by atoms with Crippen LogP contribution in [0, 0.1) is 5.92 Å². The van der Waals surface area contributed by atoms with Gasteiger partial charge in [0.2, 0.25) is 18.0 Å². The predicted molar refractivity (Wildman–Crippen MR) is 166 cm³/mol. The van der Waals surface area contributed by atoms with Gasteiger partial charge in [-0.2, -0.15) is 13.2 Å². The van der Waals surface area contributed by atoms with Crippen molar-refractivity contribution in [3.8, 4) is 5.75 Å². The average molecular weight is 630 g/mol.